The van der Waals surface area contributed by atoms with E-state index < -0.39 is 0 Å². The number of likely N-dealkylation sites (tertiary alicyclic amines) is 1. The summed E-state index contributed by atoms with van der Waals surface area (Å²) in [6.45, 7) is 4.16. The van der Waals surface area contributed by atoms with Crippen LogP contribution >= 0.6 is 0 Å². The van der Waals surface area contributed by atoms with Gasteiger partial charge in [0.2, 0.25) is 0 Å². The van der Waals surface area contributed by atoms with Crippen LogP contribution in [0.4, 0.5) is 11.5 Å². The number of nitrogens with one attached hydrogen (secondary N) is 2. The van der Waals surface area contributed by atoms with E-state index >= 15 is 0 Å². The lowest BCUT2D eigenvalue weighted by Gasteiger charge is -2.26. The van der Waals surface area contributed by atoms with E-state index in [-0.39, 0.29) is 5.91 Å². The summed E-state index contributed by atoms with van der Waals surface area (Å²) in [5, 5.41) is 6.31. The van der Waals surface area contributed by atoms with Crippen LogP contribution in [-0.2, 0) is 0 Å². The summed E-state index contributed by atoms with van der Waals surface area (Å²) < 4.78 is 0. The van der Waals surface area contributed by atoms with Crippen LogP contribution in [-0.4, -0.2) is 47.0 Å². The molecule has 6 heteroatoms. The smallest absolute Gasteiger partial charge is 0.251 e. The molecule has 31 heavy (non-hydrogen) atoms. The monoisotopic (exact) mass is 415 g/mol. The Morgan fingerprint density at radius 1 is 0.935 bits per heavy atom. The third kappa shape index (κ3) is 6.12. The number of rotatable bonds is 8. The second-order valence-electron chi connectivity index (χ2n) is 7.87. The molecule has 1 aromatic heterocycles. The second kappa shape index (κ2) is 10.7. The second-order valence-corrected chi connectivity index (χ2v) is 7.87. The van der Waals surface area contributed by atoms with Crippen molar-refractivity contribution < 1.29 is 4.79 Å². The molecule has 1 aliphatic heterocycles. The highest BCUT2D eigenvalue weighted by Gasteiger charge is 2.10. The Kier molecular flexibility index (Phi) is 7.24. The fourth-order valence-corrected chi connectivity index (χ4v) is 3.83. The van der Waals surface area contributed by atoms with Gasteiger partial charge in [-0.25, -0.2) is 9.97 Å². The van der Waals surface area contributed by atoms with E-state index in [1.165, 1.54) is 32.4 Å². The highest BCUT2D eigenvalue weighted by Crippen LogP contribution is 2.21. The van der Waals surface area contributed by atoms with Gasteiger partial charge in [0.1, 0.15) is 12.1 Å². The highest BCUT2D eigenvalue weighted by atomic mass is 16.1. The summed E-state index contributed by atoms with van der Waals surface area (Å²) in [6.07, 6.45) is 6.49. The van der Waals surface area contributed by atoms with Gasteiger partial charge >= 0.3 is 0 Å². The van der Waals surface area contributed by atoms with Crippen molar-refractivity contribution in [1.29, 1.82) is 0 Å². The van der Waals surface area contributed by atoms with Gasteiger partial charge in [-0.15, -0.1) is 0 Å². The Bertz CT molecular complexity index is 969. The quantitative estimate of drug-likeness (QED) is 0.531. The largest absolute Gasteiger partial charge is 0.352 e. The van der Waals surface area contributed by atoms with Gasteiger partial charge in [0, 0.05) is 29.4 Å². The van der Waals surface area contributed by atoms with E-state index in [0.29, 0.717) is 17.9 Å². The van der Waals surface area contributed by atoms with E-state index in [0.717, 1.165) is 29.9 Å². The number of anilines is 2. The fourth-order valence-electron chi connectivity index (χ4n) is 3.83. The maximum atomic E-state index is 12.4. The van der Waals surface area contributed by atoms with Crippen LogP contribution in [0, 0.1) is 0 Å². The lowest BCUT2D eigenvalue weighted by Crippen LogP contribution is -2.33. The molecule has 0 radical (unpaired) electrons. The van der Waals surface area contributed by atoms with Crippen LogP contribution < -0.4 is 10.6 Å². The summed E-state index contributed by atoms with van der Waals surface area (Å²) in [6, 6.07) is 19.4. The van der Waals surface area contributed by atoms with Crippen LogP contribution in [0.25, 0.3) is 11.3 Å². The number of carbonyl (C=O) groups excluding carboxylic acids is 1. The van der Waals surface area contributed by atoms with Gasteiger partial charge in [0.05, 0.1) is 5.69 Å². The van der Waals surface area contributed by atoms with Crippen molar-refractivity contribution in [3.05, 3.63) is 72.6 Å². The van der Waals surface area contributed by atoms with Gasteiger partial charge in [0.15, 0.2) is 0 Å². The van der Waals surface area contributed by atoms with Crippen molar-refractivity contribution in [3.63, 3.8) is 0 Å². The predicted molar refractivity (Wildman–Crippen MR) is 124 cm³/mol. The van der Waals surface area contributed by atoms with E-state index in [9.17, 15) is 4.79 Å². The molecule has 0 saturated carbocycles. The number of hydrogen-bond acceptors (Lipinski definition) is 5. The number of benzene rings is 2. The van der Waals surface area contributed by atoms with E-state index in [2.05, 4.69) is 25.5 Å². The van der Waals surface area contributed by atoms with Crippen LogP contribution in [0.3, 0.4) is 0 Å². The molecular weight excluding hydrogens is 386 g/mol. The van der Waals surface area contributed by atoms with Crippen molar-refractivity contribution >= 4 is 17.4 Å². The van der Waals surface area contributed by atoms with Gasteiger partial charge in [-0.2, -0.15) is 0 Å². The first-order valence-electron chi connectivity index (χ1n) is 11.0. The van der Waals surface area contributed by atoms with Gasteiger partial charge in [-0.05, 0) is 63.2 Å². The van der Waals surface area contributed by atoms with Crippen LogP contribution in [0.2, 0.25) is 0 Å². The number of piperidine rings is 1. The zero-order chi connectivity index (χ0) is 21.3. The molecule has 1 amide bonds. The van der Waals surface area contributed by atoms with Crippen LogP contribution in [0.15, 0.2) is 67.0 Å². The van der Waals surface area contributed by atoms with Crippen LogP contribution in [0.1, 0.15) is 36.0 Å². The number of hydrogen-bond donors (Lipinski definition) is 2. The molecule has 2 aromatic carbocycles. The third-order valence-corrected chi connectivity index (χ3v) is 5.54. The number of nitrogens with zero attached hydrogens (tertiary/aromatic N) is 3. The Balaban J connectivity index is 1.27. The minimum absolute atomic E-state index is 0.0291. The molecule has 6 nitrogen and oxygen atoms in total. The normalized spacial score (nSPS) is 14.2. The van der Waals surface area contributed by atoms with Crippen LogP contribution in [0.5, 0.6) is 0 Å². The van der Waals surface area contributed by atoms with Gasteiger partial charge in [-0.3, -0.25) is 4.79 Å². The number of amides is 1. The van der Waals surface area contributed by atoms with Gasteiger partial charge in [0.25, 0.3) is 5.91 Å². The Morgan fingerprint density at radius 3 is 2.48 bits per heavy atom. The summed E-state index contributed by atoms with van der Waals surface area (Å²) in [4.78, 5) is 23.5. The van der Waals surface area contributed by atoms with Crippen molar-refractivity contribution in [2.75, 3.05) is 31.5 Å². The molecule has 2 N–H and O–H groups in total. The molecular formula is C25H29N5O. The molecule has 0 spiro atoms. The van der Waals surface area contributed by atoms with E-state index in [1.54, 1.807) is 6.33 Å². The average Bonchev–Trinajstić information content (AvgIpc) is 2.84. The first-order chi connectivity index (χ1) is 15.3. The van der Waals surface area contributed by atoms with Crippen molar-refractivity contribution in [2.24, 2.45) is 0 Å². The van der Waals surface area contributed by atoms with Crippen molar-refractivity contribution in [3.8, 4) is 11.3 Å². The maximum Gasteiger partial charge on any atom is 0.251 e. The summed E-state index contributed by atoms with van der Waals surface area (Å²) in [5.74, 6) is 0.683. The maximum absolute atomic E-state index is 12.4. The SMILES string of the molecule is O=C(NCCCN1CCCCC1)c1ccc(Nc2cc(-c3ccccc3)ncn2)cc1. The number of aromatic nitrogens is 2. The zero-order valence-corrected chi connectivity index (χ0v) is 17.8. The Hall–Kier alpha value is -3.25. The average molecular weight is 416 g/mol. The fraction of sp³-hybridized carbons (Fsp3) is 0.320. The molecule has 3 aromatic rings. The summed E-state index contributed by atoms with van der Waals surface area (Å²) in [5.41, 5.74) is 3.44. The van der Waals surface area contributed by atoms with Crippen molar-refractivity contribution in [2.45, 2.75) is 25.7 Å². The van der Waals surface area contributed by atoms with Crippen molar-refractivity contribution in [1.82, 2.24) is 20.2 Å². The molecule has 0 unspecified atom stereocenters. The molecule has 160 valence electrons. The van der Waals surface area contributed by atoms with E-state index in [1.807, 2.05) is 60.7 Å². The molecule has 0 aliphatic carbocycles. The molecule has 2 heterocycles. The first kappa shape index (κ1) is 21.0. The lowest BCUT2D eigenvalue weighted by atomic mass is 10.1. The minimum atomic E-state index is -0.0291. The Morgan fingerprint density at radius 2 is 1.71 bits per heavy atom. The Labute approximate surface area is 183 Å². The molecule has 1 fully saturated rings. The lowest BCUT2D eigenvalue weighted by molar-refractivity contribution is 0.0951. The number of carbonyl (C=O) groups is 1. The molecule has 4 rings (SSSR count). The van der Waals surface area contributed by atoms with Gasteiger partial charge < -0.3 is 15.5 Å². The molecule has 1 aliphatic rings. The summed E-state index contributed by atoms with van der Waals surface area (Å²) in [7, 11) is 0. The summed E-state index contributed by atoms with van der Waals surface area (Å²) >= 11 is 0. The van der Waals surface area contributed by atoms with Gasteiger partial charge in [-0.1, -0.05) is 36.8 Å². The third-order valence-electron chi connectivity index (χ3n) is 5.54. The molecule has 0 bridgehead atoms. The predicted octanol–water partition coefficient (Wildman–Crippen LogP) is 4.49. The molecule has 1 saturated heterocycles. The minimum Gasteiger partial charge on any atom is -0.352 e. The highest BCUT2D eigenvalue weighted by molar-refractivity contribution is 5.94. The standard InChI is InChI=1S/C25H29N5O/c31-25(26-14-7-17-30-15-5-2-6-16-30)21-10-12-22(13-11-21)29-24-18-23(27-19-28-24)20-8-3-1-4-9-20/h1,3-4,8-13,18-19H,2,5-7,14-17H2,(H,26,31)(H,27,28,29). The topological polar surface area (TPSA) is 70.2 Å². The zero-order valence-electron chi connectivity index (χ0n) is 17.8. The van der Waals surface area contributed by atoms with E-state index in [4.69, 9.17) is 0 Å². The molecule has 0 atom stereocenters. The first-order valence-corrected chi connectivity index (χ1v) is 11.0.